The molecule has 0 aliphatic carbocycles. The third-order valence-electron chi connectivity index (χ3n) is 3.65. The van der Waals surface area contributed by atoms with Crippen molar-refractivity contribution in [1.82, 2.24) is 9.38 Å². The van der Waals surface area contributed by atoms with Gasteiger partial charge < -0.3 is 19.2 Å². The number of rotatable bonds is 5. The molecule has 1 unspecified atom stereocenters. The molecule has 0 bridgehead atoms. The fourth-order valence-corrected chi connectivity index (χ4v) is 2.49. The van der Waals surface area contributed by atoms with Crippen molar-refractivity contribution < 1.29 is 19.1 Å². The van der Waals surface area contributed by atoms with E-state index in [1.54, 1.807) is 41.1 Å². The highest BCUT2D eigenvalue weighted by Crippen LogP contribution is 2.27. The third-order valence-corrected chi connectivity index (χ3v) is 3.88. The first-order valence-corrected chi connectivity index (χ1v) is 8.15. The number of ether oxygens (including phenoxy) is 2. The summed E-state index contributed by atoms with van der Waals surface area (Å²) in [5, 5.41) is 3.07. The van der Waals surface area contributed by atoms with Crippen LogP contribution in [0.15, 0.2) is 48.8 Å². The lowest BCUT2D eigenvalue weighted by Crippen LogP contribution is -2.30. The van der Waals surface area contributed by atoms with E-state index in [0.717, 1.165) is 0 Å². The summed E-state index contributed by atoms with van der Waals surface area (Å²) in [6, 6.07) is 10.2. The molecule has 2 heterocycles. The number of hydrogen-bond acceptors (Lipinski definition) is 5. The highest BCUT2D eigenvalue weighted by atomic mass is 35.5. The van der Waals surface area contributed by atoms with Crippen LogP contribution in [-0.4, -0.2) is 34.5 Å². The second-order valence-electron chi connectivity index (χ2n) is 5.47. The Bertz CT molecular complexity index is 937. The van der Waals surface area contributed by atoms with E-state index in [9.17, 15) is 9.59 Å². The predicted molar refractivity (Wildman–Crippen MR) is 96.7 cm³/mol. The zero-order valence-corrected chi connectivity index (χ0v) is 14.9. The molecular weight excluding hydrogens is 358 g/mol. The van der Waals surface area contributed by atoms with Gasteiger partial charge in [0.25, 0.3) is 5.91 Å². The first-order valence-electron chi connectivity index (χ1n) is 7.77. The zero-order valence-electron chi connectivity index (χ0n) is 14.1. The van der Waals surface area contributed by atoms with Gasteiger partial charge in [-0.2, -0.15) is 0 Å². The van der Waals surface area contributed by atoms with Gasteiger partial charge in [0.05, 0.1) is 12.8 Å². The number of carbonyl (C=O) groups is 2. The van der Waals surface area contributed by atoms with Crippen LogP contribution in [0.25, 0.3) is 5.65 Å². The average Bonchev–Trinajstić information content (AvgIpc) is 3.06. The van der Waals surface area contributed by atoms with E-state index in [1.807, 2.05) is 12.1 Å². The molecule has 8 heteroatoms. The predicted octanol–water partition coefficient (Wildman–Crippen LogP) is 3.18. The maximum absolute atomic E-state index is 12.3. The summed E-state index contributed by atoms with van der Waals surface area (Å²) < 4.78 is 12.1. The van der Waals surface area contributed by atoms with Gasteiger partial charge in [0.15, 0.2) is 11.8 Å². The second kappa shape index (κ2) is 7.45. The van der Waals surface area contributed by atoms with Crippen LogP contribution >= 0.6 is 11.6 Å². The lowest BCUT2D eigenvalue weighted by atomic mass is 10.2. The number of benzene rings is 1. The first-order chi connectivity index (χ1) is 12.5. The molecule has 2 aromatic heterocycles. The molecule has 1 N–H and O–H groups in total. The van der Waals surface area contributed by atoms with Gasteiger partial charge in [0, 0.05) is 17.4 Å². The number of carbonyl (C=O) groups excluding carboxylic acids is 2. The van der Waals surface area contributed by atoms with Crippen molar-refractivity contribution in [1.29, 1.82) is 0 Å². The number of amides is 1. The molecule has 0 aliphatic rings. The van der Waals surface area contributed by atoms with E-state index in [4.69, 9.17) is 21.1 Å². The number of hydrogen-bond donors (Lipinski definition) is 1. The van der Waals surface area contributed by atoms with Crippen LogP contribution in [0.3, 0.4) is 0 Å². The molecule has 0 spiro atoms. The second-order valence-corrected chi connectivity index (χ2v) is 5.91. The molecule has 26 heavy (non-hydrogen) atoms. The van der Waals surface area contributed by atoms with Gasteiger partial charge in [-0.15, -0.1) is 0 Å². The minimum Gasteiger partial charge on any atom is -0.495 e. The topological polar surface area (TPSA) is 81.9 Å². The first kappa shape index (κ1) is 17.8. The summed E-state index contributed by atoms with van der Waals surface area (Å²) >= 11 is 5.94. The number of fused-ring (bicyclic) bond motifs is 1. The van der Waals surface area contributed by atoms with Crippen LogP contribution < -0.4 is 10.1 Å². The summed E-state index contributed by atoms with van der Waals surface area (Å²) in [6.07, 6.45) is 2.28. The number of methoxy groups -OCH3 is 1. The number of nitrogens with zero attached hydrogens (tertiary/aromatic N) is 2. The Morgan fingerprint density at radius 3 is 2.81 bits per heavy atom. The number of nitrogens with one attached hydrogen (secondary N) is 1. The molecule has 3 aromatic rings. The molecule has 1 amide bonds. The van der Waals surface area contributed by atoms with Crippen molar-refractivity contribution >= 4 is 34.8 Å². The Morgan fingerprint density at radius 1 is 1.27 bits per heavy atom. The molecule has 7 nitrogen and oxygen atoms in total. The summed E-state index contributed by atoms with van der Waals surface area (Å²) in [6.45, 7) is 1.47. The van der Waals surface area contributed by atoms with Crippen molar-refractivity contribution in [3.8, 4) is 5.75 Å². The fourth-order valence-electron chi connectivity index (χ4n) is 2.32. The number of esters is 1. The van der Waals surface area contributed by atoms with Gasteiger partial charge in [-0.3, -0.25) is 4.79 Å². The largest absolute Gasteiger partial charge is 0.495 e. The van der Waals surface area contributed by atoms with Crippen LogP contribution in [-0.2, 0) is 9.53 Å². The Labute approximate surface area is 154 Å². The van der Waals surface area contributed by atoms with E-state index in [1.165, 1.54) is 14.0 Å². The van der Waals surface area contributed by atoms with Gasteiger partial charge in [0.1, 0.15) is 11.4 Å². The normalized spacial score (nSPS) is 11.8. The Morgan fingerprint density at radius 2 is 2.08 bits per heavy atom. The van der Waals surface area contributed by atoms with Crippen LogP contribution in [0, 0.1) is 0 Å². The van der Waals surface area contributed by atoms with Crippen molar-refractivity contribution in [3.63, 3.8) is 0 Å². The summed E-state index contributed by atoms with van der Waals surface area (Å²) in [4.78, 5) is 28.7. The van der Waals surface area contributed by atoms with Crippen molar-refractivity contribution in [2.24, 2.45) is 0 Å². The molecule has 3 rings (SSSR count). The van der Waals surface area contributed by atoms with Gasteiger partial charge in [-0.25, -0.2) is 9.78 Å². The van der Waals surface area contributed by atoms with Crippen LogP contribution in [0.2, 0.25) is 5.02 Å². The maximum Gasteiger partial charge on any atom is 0.359 e. The molecule has 0 saturated heterocycles. The maximum atomic E-state index is 12.3. The monoisotopic (exact) mass is 373 g/mol. The quantitative estimate of drug-likeness (QED) is 0.694. The number of anilines is 1. The van der Waals surface area contributed by atoms with E-state index in [2.05, 4.69) is 10.3 Å². The lowest BCUT2D eigenvalue weighted by Gasteiger charge is -2.15. The minimum absolute atomic E-state index is 0.121. The van der Waals surface area contributed by atoms with Crippen molar-refractivity contribution in [2.45, 2.75) is 13.0 Å². The number of pyridine rings is 1. The average molecular weight is 374 g/mol. The van der Waals surface area contributed by atoms with Crippen LogP contribution in [0.5, 0.6) is 5.75 Å². The van der Waals surface area contributed by atoms with Crippen molar-refractivity contribution in [3.05, 3.63) is 59.5 Å². The van der Waals surface area contributed by atoms with E-state index in [0.29, 0.717) is 22.1 Å². The molecule has 0 fully saturated rings. The summed E-state index contributed by atoms with van der Waals surface area (Å²) in [5.41, 5.74) is 1.12. The molecule has 0 aliphatic heterocycles. The van der Waals surface area contributed by atoms with Gasteiger partial charge >= 0.3 is 5.97 Å². The highest BCUT2D eigenvalue weighted by Gasteiger charge is 2.22. The van der Waals surface area contributed by atoms with Gasteiger partial charge in [0.2, 0.25) is 0 Å². The fraction of sp³-hybridized carbons (Fsp3) is 0.167. The molecule has 1 aromatic carbocycles. The number of aromatic nitrogens is 2. The number of imidazole rings is 1. The Balaban J connectivity index is 1.69. The molecular formula is C18H16ClN3O4. The van der Waals surface area contributed by atoms with Crippen LogP contribution in [0.4, 0.5) is 5.69 Å². The summed E-state index contributed by atoms with van der Waals surface area (Å²) in [7, 11) is 1.48. The van der Waals surface area contributed by atoms with Crippen LogP contribution in [0.1, 0.15) is 17.4 Å². The smallest absolute Gasteiger partial charge is 0.359 e. The SMILES string of the molecule is COc1ccc(Cl)cc1NC(=O)C(C)OC(=O)c1cn2ccccc2n1. The van der Waals surface area contributed by atoms with Gasteiger partial charge in [-0.1, -0.05) is 17.7 Å². The highest BCUT2D eigenvalue weighted by molar-refractivity contribution is 6.31. The molecule has 1 atom stereocenters. The molecule has 0 radical (unpaired) electrons. The standard InChI is InChI=1S/C18H16ClN3O4/c1-11(17(23)21-13-9-12(19)6-7-15(13)25-2)26-18(24)14-10-22-8-4-3-5-16(22)20-14/h3-11H,1-2H3,(H,21,23). The van der Waals surface area contributed by atoms with E-state index >= 15 is 0 Å². The van der Waals surface area contributed by atoms with Gasteiger partial charge in [-0.05, 0) is 37.3 Å². The Hall–Kier alpha value is -3.06. The number of halogens is 1. The molecule has 134 valence electrons. The zero-order chi connectivity index (χ0) is 18.7. The third kappa shape index (κ3) is 3.78. The minimum atomic E-state index is -1.03. The van der Waals surface area contributed by atoms with Crippen molar-refractivity contribution in [2.75, 3.05) is 12.4 Å². The Kier molecular flexibility index (Phi) is 5.09. The van der Waals surface area contributed by atoms with E-state index in [-0.39, 0.29) is 5.69 Å². The van der Waals surface area contributed by atoms with E-state index < -0.39 is 18.0 Å². The summed E-state index contributed by atoms with van der Waals surface area (Å²) in [5.74, 6) is -0.751. The lowest BCUT2D eigenvalue weighted by molar-refractivity contribution is -0.123. The molecule has 0 saturated carbocycles.